The van der Waals surface area contributed by atoms with Crippen LogP contribution < -0.4 is 0 Å². The van der Waals surface area contributed by atoms with Gasteiger partial charge in [-0.3, -0.25) is 0 Å². The molecule has 2 atom stereocenters. The molecule has 1 fully saturated rings. The van der Waals surface area contributed by atoms with Crippen molar-refractivity contribution in [2.45, 2.75) is 38.5 Å². The maximum absolute atomic E-state index is 11.9. The Hall–Kier alpha value is -0.810. The molecule has 0 aromatic rings. The van der Waals surface area contributed by atoms with Gasteiger partial charge in [-0.05, 0) is 34.9 Å². The minimum atomic E-state index is -0.449. The van der Waals surface area contributed by atoms with Crippen molar-refractivity contribution in [3.63, 3.8) is 0 Å². The van der Waals surface area contributed by atoms with Gasteiger partial charge in [-0.2, -0.15) is 0 Å². The van der Waals surface area contributed by atoms with Crippen molar-refractivity contribution in [1.29, 1.82) is 0 Å². The van der Waals surface area contributed by atoms with Gasteiger partial charge in [-0.15, -0.1) is 0 Å². The molecule has 17 heavy (non-hydrogen) atoms. The first-order valence-electron chi connectivity index (χ1n) is 5.91. The highest BCUT2D eigenvalue weighted by molar-refractivity contribution is 5.68. The molecule has 1 rings (SSSR count). The Labute approximate surface area is 104 Å². The van der Waals surface area contributed by atoms with Gasteiger partial charge in [-0.25, -0.2) is 4.79 Å². The Bertz CT molecular complexity index is 273. The van der Waals surface area contributed by atoms with Crippen molar-refractivity contribution in [3.05, 3.63) is 0 Å². The predicted octanol–water partition coefficient (Wildman–Crippen LogP) is 1.18. The van der Waals surface area contributed by atoms with E-state index in [1.54, 1.807) is 12.0 Å². The van der Waals surface area contributed by atoms with E-state index in [1.165, 1.54) is 0 Å². The van der Waals surface area contributed by atoms with Crippen LogP contribution in [0.4, 0.5) is 4.79 Å². The first-order valence-corrected chi connectivity index (χ1v) is 5.91. The molecule has 0 bridgehead atoms. The maximum Gasteiger partial charge on any atom is 0.410 e. The number of rotatable bonds is 2. The Kier molecular flexibility index (Phi) is 4.38. The zero-order chi connectivity index (χ0) is 13.2. The molecule has 100 valence electrons. The third-order valence-electron chi connectivity index (χ3n) is 2.85. The van der Waals surface area contributed by atoms with Crippen LogP contribution in [0.15, 0.2) is 0 Å². The summed E-state index contributed by atoms with van der Waals surface area (Å²) in [7, 11) is 5.67. The first-order chi connectivity index (χ1) is 7.74. The normalized spacial score (nSPS) is 25.5. The molecule has 0 aliphatic carbocycles. The van der Waals surface area contributed by atoms with Crippen LogP contribution in [-0.2, 0) is 9.47 Å². The second kappa shape index (κ2) is 5.23. The van der Waals surface area contributed by atoms with Gasteiger partial charge in [0.15, 0.2) is 0 Å². The van der Waals surface area contributed by atoms with E-state index >= 15 is 0 Å². The van der Waals surface area contributed by atoms with Crippen LogP contribution in [0.3, 0.4) is 0 Å². The molecular formula is C12H24N2O3. The van der Waals surface area contributed by atoms with E-state index in [2.05, 4.69) is 4.90 Å². The number of nitrogens with zero attached hydrogens (tertiary/aromatic N) is 2. The Morgan fingerprint density at radius 3 is 2.24 bits per heavy atom. The van der Waals surface area contributed by atoms with Crippen molar-refractivity contribution in [1.82, 2.24) is 9.80 Å². The summed E-state index contributed by atoms with van der Waals surface area (Å²) in [6.45, 7) is 6.86. The molecule has 5 nitrogen and oxygen atoms in total. The lowest BCUT2D eigenvalue weighted by atomic mass is 10.2. The van der Waals surface area contributed by atoms with E-state index in [0.29, 0.717) is 13.1 Å². The number of hydrogen-bond donors (Lipinski definition) is 0. The van der Waals surface area contributed by atoms with Crippen molar-refractivity contribution in [2.24, 2.45) is 0 Å². The fourth-order valence-corrected chi connectivity index (χ4v) is 1.96. The smallest absolute Gasteiger partial charge is 0.410 e. The van der Waals surface area contributed by atoms with Gasteiger partial charge in [0, 0.05) is 13.7 Å². The molecule has 0 saturated carbocycles. The van der Waals surface area contributed by atoms with Crippen LogP contribution in [0.2, 0.25) is 0 Å². The first kappa shape index (κ1) is 14.3. The summed E-state index contributed by atoms with van der Waals surface area (Å²) in [5.74, 6) is 0. The molecule has 0 radical (unpaired) electrons. The number of carbonyl (C=O) groups is 1. The van der Waals surface area contributed by atoms with Crippen LogP contribution in [0.5, 0.6) is 0 Å². The zero-order valence-corrected chi connectivity index (χ0v) is 11.7. The number of likely N-dealkylation sites (tertiary alicyclic amines) is 1. The summed E-state index contributed by atoms with van der Waals surface area (Å²) < 4.78 is 10.8. The molecule has 0 unspecified atom stereocenters. The monoisotopic (exact) mass is 244 g/mol. The van der Waals surface area contributed by atoms with Gasteiger partial charge >= 0.3 is 6.09 Å². The lowest BCUT2D eigenvalue weighted by molar-refractivity contribution is 0.0250. The number of methoxy groups -OCH3 is 1. The number of likely N-dealkylation sites (N-methyl/N-ethyl adjacent to an activating group) is 1. The van der Waals surface area contributed by atoms with E-state index in [0.717, 1.165) is 0 Å². The second-order valence-electron chi connectivity index (χ2n) is 5.69. The average Bonchev–Trinajstić information content (AvgIpc) is 2.58. The van der Waals surface area contributed by atoms with Gasteiger partial charge in [0.2, 0.25) is 0 Å². The van der Waals surface area contributed by atoms with Crippen molar-refractivity contribution < 1.29 is 14.3 Å². The van der Waals surface area contributed by atoms with Gasteiger partial charge in [-0.1, -0.05) is 0 Å². The van der Waals surface area contributed by atoms with Crippen LogP contribution in [0, 0.1) is 0 Å². The molecule has 1 aliphatic rings. The van der Waals surface area contributed by atoms with Gasteiger partial charge in [0.05, 0.1) is 18.7 Å². The highest BCUT2D eigenvalue weighted by Crippen LogP contribution is 2.19. The fraction of sp³-hybridized carbons (Fsp3) is 0.917. The molecule has 1 saturated heterocycles. The molecule has 1 aliphatic heterocycles. The number of hydrogen-bond acceptors (Lipinski definition) is 4. The minimum Gasteiger partial charge on any atom is -0.444 e. The van der Waals surface area contributed by atoms with E-state index in [9.17, 15) is 4.79 Å². The largest absolute Gasteiger partial charge is 0.444 e. The highest BCUT2D eigenvalue weighted by Gasteiger charge is 2.38. The van der Waals surface area contributed by atoms with Gasteiger partial charge in [0.1, 0.15) is 5.60 Å². The third-order valence-corrected chi connectivity index (χ3v) is 2.85. The van der Waals surface area contributed by atoms with Gasteiger partial charge < -0.3 is 19.3 Å². The summed E-state index contributed by atoms with van der Waals surface area (Å²) in [5.41, 5.74) is -0.449. The molecule has 1 amide bonds. The molecule has 0 N–H and O–H groups in total. The van der Waals surface area contributed by atoms with Gasteiger partial charge in [0.25, 0.3) is 0 Å². The number of amides is 1. The van der Waals surface area contributed by atoms with E-state index in [4.69, 9.17) is 9.47 Å². The average molecular weight is 244 g/mol. The van der Waals surface area contributed by atoms with Crippen LogP contribution in [-0.4, -0.2) is 67.9 Å². The SMILES string of the molecule is CO[C@H]1CN(C(=O)OC(C)(C)C)C[C@@H]1N(C)C. The topological polar surface area (TPSA) is 42.0 Å². The fourth-order valence-electron chi connectivity index (χ4n) is 1.96. The zero-order valence-electron chi connectivity index (χ0n) is 11.7. The Morgan fingerprint density at radius 1 is 1.29 bits per heavy atom. The maximum atomic E-state index is 11.9. The summed E-state index contributed by atoms with van der Waals surface area (Å²) >= 11 is 0. The molecule has 0 aromatic carbocycles. The summed E-state index contributed by atoms with van der Waals surface area (Å²) in [6, 6.07) is 0.229. The van der Waals surface area contributed by atoms with E-state index in [1.807, 2.05) is 34.9 Å². The second-order valence-corrected chi connectivity index (χ2v) is 5.69. The summed E-state index contributed by atoms with van der Waals surface area (Å²) in [4.78, 5) is 15.7. The molecule has 1 heterocycles. The van der Waals surface area contributed by atoms with E-state index in [-0.39, 0.29) is 18.2 Å². The highest BCUT2D eigenvalue weighted by atomic mass is 16.6. The quantitative estimate of drug-likeness (QED) is 0.731. The number of ether oxygens (including phenoxy) is 2. The predicted molar refractivity (Wildman–Crippen MR) is 66.1 cm³/mol. The standard InChI is InChI=1S/C12H24N2O3/c1-12(2,3)17-11(15)14-7-9(13(4)5)10(8-14)16-6/h9-10H,7-8H2,1-6H3/t9-,10-/m0/s1. The van der Waals surface area contributed by atoms with Crippen LogP contribution in [0.25, 0.3) is 0 Å². The summed E-state index contributed by atoms with van der Waals surface area (Å²) in [6.07, 6.45) is -0.207. The summed E-state index contributed by atoms with van der Waals surface area (Å²) in [5, 5.41) is 0. The van der Waals surface area contributed by atoms with Crippen LogP contribution >= 0.6 is 0 Å². The number of carbonyl (C=O) groups excluding carboxylic acids is 1. The molecule has 5 heteroatoms. The van der Waals surface area contributed by atoms with Crippen LogP contribution in [0.1, 0.15) is 20.8 Å². The van der Waals surface area contributed by atoms with Crippen molar-refractivity contribution >= 4 is 6.09 Å². The third kappa shape index (κ3) is 3.85. The molecular weight excluding hydrogens is 220 g/mol. The minimum absolute atomic E-state index is 0.0533. The van der Waals surface area contributed by atoms with Crippen molar-refractivity contribution in [2.75, 3.05) is 34.3 Å². The van der Waals surface area contributed by atoms with E-state index < -0.39 is 5.60 Å². The Morgan fingerprint density at radius 2 is 1.88 bits per heavy atom. The van der Waals surface area contributed by atoms with Crippen molar-refractivity contribution in [3.8, 4) is 0 Å². The Balaban J connectivity index is 2.61. The lowest BCUT2D eigenvalue weighted by Gasteiger charge is -2.25. The molecule has 0 spiro atoms. The molecule has 0 aromatic heterocycles. The lowest BCUT2D eigenvalue weighted by Crippen LogP contribution is -2.39.